The molecule has 0 aromatic heterocycles. The summed E-state index contributed by atoms with van der Waals surface area (Å²) in [6, 6.07) is -12.5. The molecule has 2 rings (SSSR count). The summed E-state index contributed by atoms with van der Waals surface area (Å²) < 4.78 is 0. The van der Waals surface area contributed by atoms with Crippen molar-refractivity contribution in [1.29, 1.82) is 0 Å². The lowest BCUT2D eigenvalue weighted by molar-refractivity contribution is -0.142. The molecule has 0 aliphatic carbocycles. The number of primary amides is 1. The van der Waals surface area contributed by atoms with E-state index in [4.69, 9.17) is 46.6 Å². The molecule has 1 heterocycles. The van der Waals surface area contributed by atoms with E-state index in [0.29, 0.717) is 24.8 Å². The quantitative estimate of drug-likeness (QED) is 0.0125. The number of terminal acetylenes is 1. The highest BCUT2D eigenvalue weighted by molar-refractivity contribution is 6.00. The Morgan fingerprint density at radius 1 is 0.580 bits per heavy atom. The highest BCUT2D eigenvalue weighted by Gasteiger charge is 2.44. The first-order chi connectivity index (χ1) is 47.1. The van der Waals surface area contributed by atoms with Crippen molar-refractivity contribution in [3.8, 4) is 18.1 Å². The highest BCUT2D eigenvalue weighted by atomic mass is 16.4. The number of nitrogens with zero attached hydrogens (tertiary/aromatic N) is 2. The lowest BCUT2D eigenvalue weighted by Crippen LogP contribution is -2.62. The van der Waals surface area contributed by atoms with Crippen LogP contribution >= 0.6 is 0 Å². The van der Waals surface area contributed by atoms with Crippen molar-refractivity contribution in [2.24, 2.45) is 62.9 Å². The van der Waals surface area contributed by atoms with Gasteiger partial charge in [0.2, 0.25) is 70.9 Å². The van der Waals surface area contributed by atoms with Crippen LogP contribution in [0, 0.1) is 30.1 Å². The summed E-state index contributed by atoms with van der Waals surface area (Å²) in [5, 5.41) is 66.0. The van der Waals surface area contributed by atoms with Crippen LogP contribution in [0.2, 0.25) is 0 Å². The molecule has 1 aliphatic heterocycles. The molecule has 0 unspecified atom stereocenters. The van der Waals surface area contributed by atoms with Crippen molar-refractivity contribution in [3.63, 3.8) is 0 Å². The van der Waals surface area contributed by atoms with Gasteiger partial charge in [0, 0.05) is 32.4 Å². The van der Waals surface area contributed by atoms with Gasteiger partial charge in [0.05, 0.1) is 24.7 Å². The third-order valence-electron chi connectivity index (χ3n) is 16.8. The van der Waals surface area contributed by atoms with Gasteiger partial charge < -0.3 is 119 Å². The van der Waals surface area contributed by atoms with Gasteiger partial charge >= 0.3 is 5.97 Å². The summed E-state index contributed by atoms with van der Waals surface area (Å²) >= 11 is 0. The molecular weight excluding hydrogens is 1310 g/mol. The number of amides is 12. The van der Waals surface area contributed by atoms with E-state index in [1.54, 1.807) is 41.5 Å². The summed E-state index contributed by atoms with van der Waals surface area (Å²) in [7, 11) is 0. The number of phenols is 1. The maximum absolute atomic E-state index is 14.6. The zero-order valence-electron chi connectivity index (χ0n) is 58.0. The third kappa shape index (κ3) is 28.9. The van der Waals surface area contributed by atoms with Gasteiger partial charge in [-0.1, -0.05) is 66.5 Å². The fourth-order valence-electron chi connectivity index (χ4n) is 10.4. The zero-order chi connectivity index (χ0) is 75.7. The molecule has 0 bridgehead atoms. The monoisotopic (exact) mass is 1410 g/mol. The number of nitrogens with two attached hydrogens (primary N) is 7. The fraction of sp³-hybridized carbons (Fsp3) is 0.656. The lowest BCUT2D eigenvalue weighted by Gasteiger charge is -2.32. The molecule has 0 radical (unpaired) electrons. The minimum absolute atomic E-state index is 0.0120. The second-order valence-electron chi connectivity index (χ2n) is 25.2. The van der Waals surface area contributed by atoms with E-state index in [-0.39, 0.29) is 102 Å². The number of likely N-dealkylation sites (tertiary alicyclic amines) is 1. The number of hydrogen-bond donors (Lipinski definition) is 21. The Morgan fingerprint density at radius 2 is 1.02 bits per heavy atom. The number of hydrogen-bond acceptors (Lipinski definition) is 21. The largest absolute Gasteiger partial charge is 0.508 e. The molecule has 1 saturated heterocycles. The van der Waals surface area contributed by atoms with Crippen molar-refractivity contribution in [3.05, 3.63) is 29.8 Å². The van der Waals surface area contributed by atoms with Gasteiger partial charge in [-0.15, -0.1) is 12.3 Å². The van der Waals surface area contributed by atoms with Gasteiger partial charge in [-0.25, -0.2) is 4.79 Å². The summed E-state index contributed by atoms with van der Waals surface area (Å²) in [6.07, 6.45) is 1.60. The molecule has 0 spiro atoms. The Morgan fingerprint density at radius 3 is 1.52 bits per heavy atom. The van der Waals surface area contributed by atoms with Crippen LogP contribution < -0.4 is 93.3 Å². The van der Waals surface area contributed by atoms with Crippen LogP contribution in [0.1, 0.15) is 131 Å². The number of carbonyl (C=O) groups is 13. The van der Waals surface area contributed by atoms with Gasteiger partial charge in [-0.3, -0.25) is 62.5 Å². The van der Waals surface area contributed by atoms with Crippen molar-refractivity contribution in [2.75, 3.05) is 32.7 Å². The first-order valence-corrected chi connectivity index (χ1v) is 33.4. The number of aromatic hydroxyl groups is 1. The number of carboxylic acids is 1. The fourth-order valence-corrected chi connectivity index (χ4v) is 10.4. The lowest BCUT2D eigenvalue weighted by atomic mass is 9.94. The molecule has 36 heteroatoms. The Kier molecular flexibility index (Phi) is 38.2. The van der Waals surface area contributed by atoms with Crippen molar-refractivity contribution in [2.45, 2.75) is 217 Å². The summed E-state index contributed by atoms with van der Waals surface area (Å²) in [6.45, 7) is 10.9. The van der Waals surface area contributed by atoms with Crippen LogP contribution in [0.25, 0.3) is 0 Å². The molecule has 1 aromatic rings. The van der Waals surface area contributed by atoms with E-state index >= 15 is 0 Å². The maximum atomic E-state index is 14.6. The SMILES string of the molecule is C#CC[C@H](NC(=O)[C@H](Cc1ccc(O)cc1)NC(=O)[C@@H](NC(=O)[C@@H](NC(=O)[C@@H]1C[C@@H](O)CN1C(=O)[C@@H](N)C(C)C)[C@@H](C)CC)[C@@H](C)CC)C(=O)N[C@@H](CC(N)=O)C(=O)N[C@@H](CCCN=C(N)N)C(=O)N[C@@H](CCN)C(=O)N[C@H](C(=O)N[C@H](CCN)C(=O)N[C@@H](CCCCN)C(=O)O)[C@@H](C)O. The number of guanidine groups is 1. The summed E-state index contributed by atoms with van der Waals surface area (Å²) in [5.41, 5.74) is 40.2. The number of phenolic OH excluding ortho intramolecular Hbond substituents is 1. The Hall–Kier alpha value is -9.28. The maximum Gasteiger partial charge on any atom is 0.326 e. The van der Waals surface area contributed by atoms with Crippen LogP contribution in [-0.2, 0) is 68.7 Å². The number of nitrogens with one attached hydrogen (secondary N) is 10. The molecule has 0 saturated carbocycles. The second-order valence-corrected chi connectivity index (χ2v) is 25.2. The molecule has 1 aromatic carbocycles. The zero-order valence-corrected chi connectivity index (χ0v) is 58.0. The predicted molar refractivity (Wildman–Crippen MR) is 366 cm³/mol. The molecule has 100 heavy (non-hydrogen) atoms. The topological polar surface area (TPSA) is 621 Å². The average molecular weight is 1410 g/mol. The van der Waals surface area contributed by atoms with Crippen molar-refractivity contribution in [1.82, 2.24) is 58.1 Å². The van der Waals surface area contributed by atoms with Gasteiger partial charge in [-0.05, 0) is 107 Å². The summed E-state index contributed by atoms with van der Waals surface area (Å²) in [5.74, 6) is -12.9. The molecule has 1 fully saturated rings. The Labute approximate surface area is 581 Å². The smallest absolute Gasteiger partial charge is 0.326 e. The first-order valence-electron chi connectivity index (χ1n) is 33.4. The predicted octanol–water partition coefficient (Wildman–Crippen LogP) is -6.94. The number of carbonyl (C=O) groups excluding carboxylic acids is 12. The number of aliphatic carboxylic acids is 1. The molecule has 560 valence electrons. The van der Waals surface area contributed by atoms with Crippen molar-refractivity contribution >= 4 is 82.8 Å². The van der Waals surface area contributed by atoms with E-state index in [1.165, 1.54) is 29.2 Å². The second kappa shape index (κ2) is 44.0. The number of aliphatic imine (C=N–C) groups is 1. The molecular formula is C64H107N19O17. The van der Waals surface area contributed by atoms with Gasteiger partial charge in [0.1, 0.15) is 72.2 Å². The highest BCUT2D eigenvalue weighted by Crippen LogP contribution is 2.23. The van der Waals surface area contributed by atoms with Gasteiger partial charge in [0.25, 0.3) is 0 Å². The molecule has 16 atom stereocenters. The standard InChI is InChI=1S/C64H107N19O17/c1-9-15-39(73-56(92)44(28-36-18-20-37(85)21-19-36)79-59(95)49(33(6)10-2)81-60(96)50(34(7)11-3)80-58(94)46-29-38(86)31-83(46)62(98)48(69)32(4)5)52(88)78-45(30-47(68)87)57(93)74-40(17-14-27-72-64(70)71)53(89)75-42(23-26-67)55(91)82-51(35(8)84)61(97)76-41(22-25-66)54(90)77-43(63(99)100)16-12-13-24-65/h1,18-21,32-35,38-46,48-51,84-86H,10-17,22-31,65-67,69H2,2-8H3,(H2,68,87)(H,73,92)(H,74,93)(H,75,89)(H,76,97)(H,77,90)(H,78,88)(H,79,95)(H,80,94)(H,81,96)(H,82,91)(H,99,100)(H4,70,71,72)/t33-,34-,35+,38+,39-,40-,41+,42-,43-,44-,45-,46-,48-,49-,50-,51-/m0/s1. The normalized spacial score (nSPS) is 17.6. The number of aliphatic hydroxyl groups is 2. The van der Waals surface area contributed by atoms with E-state index in [2.05, 4.69) is 64.1 Å². The molecule has 1 aliphatic rings. The molecule has 12 amide bonds. The third-order valence-corrected chi connectivity index (χ3v) is 16.8. The minimum Gasteiger partial charge on any atom is -0.508 e. The number of rotatable bonds is 45. The van der Waals surface area contributed by atoms with Crippen LogP contribution in [-0.4, -0.2) is 226 Å². The van der Waals surface area contributed by atoms with Gasteiger partial charge in [0.15, 0.2) is 5.96 Å². The van der Waals surface area contributed by atoms with Crippen LogP contribution in [0.3, 0.4) is 0 Å². The molecule has 36 nitrogen and oxygen atoms in total. The van der Waals surface area contributed by atoms with Crippen LogP contribution in [0.15, 0.2) is 29.3 Å². The summed E-state index contributed by atoms with van der Waals surface area (Å²) in [4.78, 5) is 185. The van der Waals surface area contributed by atoms with Crippen LogP contribution in [0.5, 0.6) is 5.75 Å². The van der Waals surface area contributed by atoms with Gasteiger partial charge in [-0.2, -0.15) is 0 Å². The average Bonchev–Trinajstić information content (AvgIpc) is 1.61. The van der Waals surface area contributed by atoms with E-state index in [1.807, 2.05) is 0 Å². The van der Waals surface area contributed by atoms with Crippen molar-refractivity contribution < 1.29 is 82.8 Å². The number of unbranched alkanes of at least 4 members (excludes halogenated alkanes) is 1. The van der Waals surface area contributed by atoms with E-state index in [9.17, 15) is 82.8 Å². The first kappa shape index (κ1) is 86.8. The minimum atomic E-state index is -1.93. The van der Waals surface area contributed by atoms with E-state index in [0.717, 1.165) is 6.92 Å². The Bertz CT molecular complexity index is 3000. The molecule has 28 N–H and O–H groups in total. The number of aliphatic hydroxyl groups excluding tert-OH is 2. The van der Waals surface area contributed by atoms with E-state index < -0.39 is 186 Å². The number of carboxylic acid groups (broad SMARTS) is 1. The number of benzene rings is 1. The van der Waals surface area contributed by atoms with Crippen LogP contribution in [0.4, 0.5) is 0 Å². The number of β-amino-alcohol motifs (C(OH)–C–C–N with tert-alkyl or cyclic N) is 1. The Balaban J connectivity index is 2.53.